The fourth-order valence-corrected chi connectivity index (χ4v) is 1.08. The Morgan fingerprint density at radius 2 is 2.07 bits per heavy atom. The van der Waals surface area contributed by atoms with Crippen LogP contribution in [0.25, 0.3) is 0 Å². The van der Waals surface area contributed by atoms with Gasteiger partial charge in [-0.05, 0) is 26.0 Å². The van der Waals surface area contributed by atoms with Crippen LogP contribution in [0.1, 0.15) is 19.4 Å². The van der Waals surface area contributed by atoms with Crippen molar-refractivity contribution < 1.29 is 4.74 Å². The monoisotopic (exact) mass is 192 g/mol. The highest BCUT2D eigenvalue weighted by Crippen LogP contribution is 2.17. The topological polar surface area (TPSA) is 33.6 Å². The van der Waals surface area contributed by atoms with E-state index in [2.05, 4.69) is 10.5 Å². The van der Waals surface area contributed by atoms with E-state index in [1.165, 1.54) is 0 Å². The minimum Gasteiger partial charge on any atom is -0.490 e. The summed E-state index contributed by atoms with van der Waals surface area (Å²) in [6.07, 6.45) is 1.93. The Morgan fingerprint density at radius 3 is 2.71 bits per heavy atom. The molecule has 76 valence electrons. The fraction of sp³-hybridized carbons (Fsp3) is 0.364. The molecular formula is C11H16N2O. The second kappa shape index (κ2) is 5.27. The van der Waals surface area contributed by atoms with Gasteiger partial charge >= 0.3 is 0 Å². The van der Waals surface area contributed by atoms with Crippen LogP contribution in [0.15, 0.2) is 29.4 Å². The molecule has 0 aliphatic heterocycles. The minimum atomic E-state index is 0.180. The first-order valence-electron chi connectivity index (χ1n) is 4.69. The molecule has 0 aliphatic carbocycles. The first kappa shape index (κ1) is 10.6. The van der Waals surface area contributed by atoms with Crippen LogP contribution in [0.2, 0.25) is 0 Å². The molecule has 1 aromatic rings. The van der Waals surface area contributed by atoms with E-state index in [-0.39, 0.29) is 6.10 Å². The molecule has 0 atom stereocenters. The number of ether oxygens (including phenoxy) is 1. The van der Waals surface area contributed by atoms with Gasteiger partial charge in [0.1, 0.15) is 5.75 Å². The Morgan fingerprint density at radius 1 is 1.36 bits per heavy atom. The van der Waals surface area contributed by atoms with Crippen molar-refractivity contribution in [3.05, 3.63) is 29.8 Å². The van der Waals surface area contributed by atoms with Crippen LogP contribution in [-0.4, -0.2) is 19.4 Å². The molecule has 0 spiro atoms. The van der Waals surface area contributed by atoms with Crippen LogP contribution in [0.5, 0.6) is 5.75 Å². The molecule has 3 heteroatoms. The molecule has 0 amide bonds. The van der Waals surface area contributed by atoms with Gasteiger partial charge < -0.3 is 10.2 Å². The molecular weight excluding hydrogens is 176 g/mol. The predicted molar refractivity (Wildman–Crippen MR) is 58.9 cm³/mol. The van der Waals surface area contributed by atoms with Crippen LogP contribution in [0, 0.1) is 0 Å². The maximum absolute atomic E-state index is 5.62. The van der Waals surface area contributed by atoms with E-state index in [0.717, 1.165) is 11.3 Å². The molecule has 0 radical (unpaired) electrons. The van der Waals surface area contributed by atoms with E-state index in [9.17, 15) is 0 Å². The SMILES string of the molecule is CN/N=C/c1ccccc1OC(C)C. The average Bonchev–Trinajstić information content (AvgIpc) is 2.16. The van der Waals surface area contributed by atoms with E-state index in [1.807, 2.05) is 38.1 Å². The largest absolute Gasteiger partial charge is 0.490 e. The molecule has 0 aromatic heterocycles. The van der Waals surface area contributed by atoms with E-state index in [4.69, 9.17) is 4.74 Å². The van der Waals surface area contributed by atoms with E-state index < -0.39 is 0 Å². The van der Waals surface area contributed by atoms with Crippen molar-refractivity contribution in [2.24, 2.45) is 5.10 Å². The summed E-state index contributed by atoms with van der Waals surface area (Å²) in [5, 5.41) is 3.95. The smallest absolute Gasteiger partial charge is 0.128 e. The van der Waals surface area contributed by atoms with Gasteiger partial charge in [0, 0.05) is 12.6 Å². The Balaban J connectivity index is 2.85. The summed E-state index contributed by atoms with van der Waals surface area (Å²) in [4.78, 5) is 0. The van der Waals surface area contributed by atoms with Crippen molar-refractivity contribution in [3.8, 4) is 5.75 Å². The highest BCUT2D eigenvalue weighted by molar-refractivity contribution is 5.83. The highest BCUT2D eigenvalue weighted by Gasteiger charge is 2.01. The zero-order valence-electron chi connectivity index (χ0n) is 8.82. The summed E-state index contributed by atoms with van der Waals surface area (Å²) in [6.45, 7) is 4.01. The van der Waals surface area contributed by atoms with Crippen molar-refractivity contribution in [1.82, 2.24) is 5.43 Å². The first-order chi connectivity index (χ1) is 6.74. The van der Waals surface area contributed by atoms with Crippen molar-refractivity contribution in [3.63, 3.8) is 0 Å². The summed E-state index contributed by atoms with van der Waals surface area (Å²) >= 11 is 0. The van der Waals surface area contributed by atoms with Crippen molar-refractivity contribution in [2.75, 3.05) is 7.05 Å². The lowest BCUT2D eigenvalue weighted by atomic mass is 10.2. The zero-order chi connectivity index (χ0) is 10.4. The van der Waals surface area contributed by atoms with Gasteiger partial charge in [-0.3, -0.25) is 0 Å². The second-order valence-corrected chi connectivity index (χ2v) is 3.19. The van der Waals surface area contributed by atoms with Crippen LogP contribution in [-0.2, 0) is 0 Å². The normalized spacial score (nSPS) is 10.9. The Labute approximate surface area is 84.8 Å². The minimum absolute atomic E-state index is 0.180. The fourth-order valence-electron chi connectivity index (χ4n) is 1.08. The summed E-state index contributed by atoms with van der Waals surface area (Å²) in [6, 6.07) is 7.83. The molecule has 0 heterocycles. The second-order valence-electron chi connectivity index (χ2n) is 3.19. The number of benzene rings is 1. The third-order valence-electron chi connectivity index (χ3n) is 1.61. The Hall–Kier alpha value is -1.51. The Kier molecular flexibility index (Phi) is 3.98. The van der Waals surface area contributed by atoms with Gasteiger partial charge in [0.25, 0.3) is 0 Å². The van der Waals surface area contributed by atoms with Gasteiger partial charge in [-0.1, -0.05) is 12.1 Å². The van der Waals surface area contributed by atoms with Gasteiger partial charge in [-0.25, -0.2) is 0 Å². The van der Waals surface area contributed by atoms with Crippen LogP contribution in [0.4, 0.5) is 0 Å². The maximum atomic E-state index is 5.62. The molecule has 1 rings (SSSR count). The number of hydrazone groups is 1. The molecule has 3 nitrogen and oxygen atoms in total. The number of nitrogens with one attached hydrogen (secondary N) is 1. The quantitative estimate of drug-likeness (QED) is 0.585. The summed E-state index contributed by atoms with van der Waals surface area (Å²) in [7, 11) is 1.77. The number of para-hydroxylation sites is 1. The standard InChI is InChI=1S/C11H16N2O/c1-9(2)14-11-7-5-4-6-10(11)8-13-12-3/h4-9,12H,1-3H3/b13-8+. The molecule has 0 saturated carbocycles. The number of hydrogen-bond acceptors (Lipinski definition) is 3. The third kappa shape index (κ3) is 3.09. The maximum Gasteiger partial charge on any atom is 0.128 e. The highest BCUT2D eigenvalue weighted by atomic mass is 16.5. The predicted octanol–water partition coefficient (Wildman–Crippen LogP) is 2.03. The summed E-state index contributed by atoms with van der Waals surface area (Å²) < 4.78 is 5.62. The van der Waals surface area contributed by atoms with Crippen LogP contribution in [0.3, 0.4) is 0 Å². The molecule has 1 aromatic carbocycles. The molecule has 0 saturated heterocycles. The lowest BCUT2D eigenvalue weighted by molar-refractivity contribution is 0.242. The molecule has 0 unspecified atom stereocenters. The summed E-state index contributed by atoms with van der Waals surface area (Å²) in [5.74, 6) is 0.863. The average molecular weight is 192 g/mol. The number of hydrogen-bond donors (Lipinski definition) is 1. The summed E-state index contributed by atoms with van der Waals surface area (Å²) in [5.41, 5.74) is 3.69. The molecule has 0 fully saturated rings. The lowest BCUT2D eigenvalue weighted by Crippen LogP contribution is -2.07. The molecule has 1 N–H and O–H groups in total. The van der Waals surface area contributed by atoms with Gasteiger partial charge in [0.15, 0.2) is 0 Å². The Bertz CT molecular complexity index is 308. The zero-order valence-corrected chi connectivity index (χ0v) is 8.82. The number of nitrogens with zero attached hydrogens (tertiary/aromatic N) is 1. The van der Waals surface area contributed by atoms with E-state index in [1.54, 1.807) is 13.3 Å². The van der Waals surface area contributed by atoms with Gasteiger partial charge in [-0.2, -0.15) is 5.10 Å². The molecule has 0 aliphatic rings. The number of rotatable bonds is 4. The van der Waals surface area contributed by atoms with Crippen molar-refractivity contribution >= 4 is 6.21 Å². The van der Waals surface area contributed by atoms with Gasteiger partial charge in [-0.15, -0.1) is 0 Å². The molecule has 0 bridgehead atoms. The van der Waals surface area contributed by atoms with Crippen molar-refractivity contribution in [2.45, 2.75) is 20.0 Å². The third-order valence-corrected chi connectivity index (χ3v) is 1.61. The van der Waals surface area contributed by atoms with Gasteiger partial charge in [0.2, 0.25) is 0 Å². The molecule has 14 heavy (non-hydrogen) atoms. The van der Waals surface area contributed by atoms with Crippen molar-refractivity contribution in [1.29, 1.82) is 0 Å². The van der Waals surface area contributed by atoms with Crippen LogP contribution >= 0.6 is 0 Å². The van der Waals surface area contributed by atoms with Crippen LogP contribution < -0.4 is 10.2 Å². The van der Waals surface area contributed by atoms with Gasteiger partial charge in [0.05, 0.1) is 12.3 Å². The van der Waals surface area contributed by atoms with E-state index in [0.29, 0.717) is 0 Å². The van der Waals surface area contributed by atoms with E-state index >= 15 is 0 Å². The first-order valence-corrected chi connectivity index (χ1v) is 4.69. The lowest BCUT2D eigenvalue weighted by Gasteiger charge is -2.11.